The summed E-state index contributed by atoms with van der Waals surface area (Å²) in [6.07, 6.45) is -3.48. The van der Waals surface area contributed by atoms with Crippen LogP contribution in [0.2, 0.25) is 0 Å². The van der Waals surface area contributed by atoms with E-state index in [1.54, 1.807) is 42.5 Å². The number of carbonyl (C=O) groups is 2. The molecule has 0 bridgehead atoms. The van der Waals surface area contributed by atoms with E-state index in [1.807, 2.05) is 13.8 Å². The van der Waals surface area contributed by atoms with Crippen LogP contribution in [-0.2, 0) is 4.79 Å². The van der Waals surface area contributed by atoms with Gasteiger partial charge in [-0.15, -0.1) is 0 Å². The van der Waals surface area contributed by atoms with Crippen LogP contribution >= 0.6 is 0 Å². The number of halogens is 3. The van der Waals surface area contributed by atoms with E-state index in [4.69, 9.17) is 0 Å². The summed E-state index contributed by atoms with van der Waals surface area (Å²) in [7, 11) is 0. The van der Waals surface area contributed by atoms with Crippen molar-refractivity contribution in [2.24, 2.45) is 4.99 Å². The molecule has 0 fully saturated rings. The molecule has 0 unspecified atom stereocenters. The van der Waals surface area contributed by atoms with Crippen LogP contribution in [0, 0.1) is 13.8 Å². The lowest BCUT2D eigenvalue weighted by molar-refractivity contribution is -0.120. The molecule has 4 nitrogen and oxygen atoms in total. The number of aryl methyl sites for hydroxylation is 2. The molecule has 2 aromatic carbocycles. The quantitative estimate of drug-likeness (QED) is 0.597. The monoisotopic (exact) mass is 374 g/mol. The Hall–Kier alpha value is -2.96. The molecule has 7 heteroatoms. The second kappa shape index (κ2) is 6.98. The van der Waals surface area contributed by atoms with Gasteiger partial charge in [-0.3, -0.25) is 14.6 Å². The number of benzene rings is 2. The number of aliphatic imine (C=N–C) groups is 1. The highest BCUT2D eigenvalue weighted by atomic mass is 19.4. The van der Waals surface area contributed by atoms with Gasteiger partial charge in [0.05, 0.1) is 11.6 Å². The van der Waals surface area contributed by atoms with E-state index in [-0.39, 0.29) is 5.56 Å². The highest BCUT2D eigenvalue weighted by Gasteiger charge is 2.39. The van der Waals surface area contributed by atoms with Gasteiger partial charge in [-0.1, -0.05) is 24.3 Å². The average Bonchev–Trinajstić information content (AvgIpc) is 2.60. The summed E-state index contributed by atoms with van der Waals surface area (Å²) in [6, 6.07) is 11.6. The van der Waals surface area contributed by atoms with Gasteiger partial charge in [-0.25, -0.2) is 4.90 Å². The van der Waals surface area contributed by atoms with Crippen molar-refractivity contribution in [2.75, 3.05) is 11.4 Å². The number of carbonyl (C=O) groups excluding carboxylic acids is 2. The molecule has 0 aromatic heterocycles. The fraction of sp³-hybridized carbons (Fsp3) is 0.250. The van der Waals surface area contributed by atoms with Gasteiger partial charge in [0.15, 0.2) is 0 Å². The number of fused-ring (bicyclic) bond motifs is 1. The van der Waals surface area contributed by atoms with Gasteiger partial charge in [-0.2, -0.15) is 13.2 Å². The molecule has 0 aliphatic carbocycles. The topological polar surface area (TPSA) is 49.7 Å². The van der Waals surface area contributed by atoms with Gasteiger partial charge in [-0.05, 0) is 48.7 Å². The van der Waals surface area contributed by atoms with Crippen LogP contribution in [0.3, 0.4) is 0 Å². The molecular weight excluding hydrogens is 357 g/mol. The van der Waals surface area contributed by atoms with Crippen LogP contribution in [0.5, 0.6) is 0 Å². The van der Waals surface area contributed by atoms with Gasteiger partial charge in [0, 0.05) is 11.8 Å². The van der Waals surface area contributed by atoms with Crippen LogP contribution in [0.4, 0.5) is 18.9 Å². The summed E-state index contributed by atoms with van der Waals surface area (Å²) in [5, 5.41) is 0. The summed E-state index contributed by atoms with van der Waals surface area (Å²) in [5.41, 5.74) is 2.92. The number of anilines is 1. The standard InChI is InChI=1S/C20H17F3N2O2/c1-12-7-8-14(9-13(12)2)25-18(26)16-6-4-3-5-15(16)17(19(25)27)10-24-11-20(21,22)23/h3-10,17H,11H2,1-2H3/t17-/m0/s1. The second-order valence-electron chi connectivity index (χ2n) is 6.42. The first-order valence-corrected chi connectivity index (χ1v) is 8.30. The normalized spacial score (nSPS) is 17.5. The maximum atomic E-state index is 13.0. The molecule has 0 N–H and O–H groups in total. The molecular formula is C20H17F3N2O2. The highest BCUT2D eigenvalue weighted by molar-refractivity contribution is 6.29. The molecule has 0 radical (unpaired) electrons. The predicted octanol–water partition coefficient (Wildman–Crippen LogP) is 4.21. The Bertz CT molecular complexity index is 935. The summed E-state index contributed by atoms with van der Waals surface area (Å²) in [5.74, 6) is -2.17. The molecule has 1 aliphatic heterocycles. The van der Waals surface area contributed by atoms with Crippen molar-refractivity contribution in [2.45, 2.75) is 25.9 Å². The third-order valence-corrected chi connectivity index (χ3v) is 4.49. The molecule has 0 saturated heterocycles. The van der Waals surface area contributed by atoms with E-state index < -0.39 is 30.5 Å². The van der Waals surface area contributed by atoms with Crippen molar-refractivity contribution >= 4 is 23.7 Å². The van der Waals surface area contributed by atoms with E-state index in [9.17, 15) is 22.8 Å². The van der Waals surface area contributed by atoms with Gasteiger partial charge >= 0.3 is 6.18 Å². The average molecular weight is 374 g/mol. The molecule has 0 saturated carbocycles. The lowest BCUT2D eigenvalue weighted by Gasteiger charge is -2.31. The Kier molecular flexibility index (Phi) is 4.87. The predicted molar refractivity (Wildman–Crippen MR) is 96.3 cm³/mol. The summed E-state index contributed by atoms with van der Waals surface area (Å²) in [6.45, 7) is 2.38. The van der Waals surface area contributed by atoms with Gasteiger partial charge in [0.1, 0.15) is 6.54 Å². The van der Waals surface area contributed by atoms with E-state index in [1.165, 1.54) is 0 Å². The van der Waals surface area contributed by atoms with Gasteiger partial charge in [0.2, 0.25) is 5.91 Å². The molecule has 1 atom stereocenters. The van der Waals surface area contributed by atoms with Crippen LogP contribution in [0.25, 0.3) is 0 Å². The molecule has 1 aliphatic rings. The Balaban J connectivity index is 2.06. The second-order valence-corrected chi connectivity index (χ2v) is 6.42. The Morgan fingerprint density at radius 2 is 1.78 bits per heavy atom. The summed E-state index contributed by atoms with van der Waals surface area (Å²) in [4.78, 5) is 30.3. The minimum Gasteiger partial charge on any atom is -0.287 e. The first-order valence-electron chi connectivity index (χ1n) is 8.30. The van der Waals surface area contributed by atoms with Crippen LogP contribution in [0.15, 0.2) is 47.5 Å². The van der Waals surface area contributed by atoms with Crippen molar-refractivity contribution in [1.29, 1.82) is 0 Å². The maximum Gasteiger partial charge on any atom is 0.407 e. The van der Waals surface area contributed by atoms with Crippen LogP contribution < -0.4 is 4.90 Å². The molecule has 140 valence electrons. The molecule has 0 spiro atoms. The number of amides is 2. The third-order valence-electron chi connectivity index (χ3n) is 4.49. The number of alkyl halides is 3. The Morgan fingerprint density at radius 1 is 1.07 bits per heavy atom. The molecule has 2 amide bonds. The summed E-state index contributed by atoms with van der Waals surface area (Å²) < 4.78 is 37.3. The molecule has 3 rings (SSSR count). The van der Waals surface area contributed by atoms with Gasteiger partial charge in [0.25, 0.3) is 5.91 Å². The zero-order chi connectivity index (χ0) is 19.8. The van der Waals surface area contributed by atoms with E-state index >= 15 is 0 Å². The maximum absolute atomic E-state index is 13.0. The number of hydrogen-bond acceptors (Lipinski definition) is 3. The fourth-order valence-electron chi connectivity index (χ4n) is 2.97. The van der Waals surface area contributed by atoms with Crippen molar-refractivity contribution in [3.63, 3.8) is 0 Å². The third kappa shape index (κ3) is 3.77. The first kappa shape index (κ1) is 18.8. The smallest absolute Gasteiger partial charge is 0.287 e. The van der Waals surface area contributed by atoms with E-state index in [0.29, 0.717) is 11.3 Å². The first-order chi connectivity index (χ1) is 12.7. The van der Waals surface area contributed by atoms with Crippen molar-refractivity contribution in [3.05, 3.63) is 64.7 Å². The fourth-order valence-corrected chi connectivity index (χ4v) is 2.97. The number of nitrogens with zero attached hydrogens (tertiary/aromatic N) is 2. The zero-order valence-electron chi connectivity index (χ0n) is 14.7. The van der Waals surface area contributed by atoms with Crippen molar-refractivity contribution in [3.8, 4) is 0 Å². The number of imide groups is 1. The van der Waals surface area contributed by atoms with Crippen LogP contribution in [-0.4, -0.2) is 30.8 Å². The Labute approximate surface area is 154 Å². The molecule has 27 heavy (non-hydrogen) atoms. The molecule has 1 heterocycles. The minimum absolute atomic E-state index is 0.277. The SMILES string of the molecule is Cc1ccc(N2C(=O)c3ccccc3[C@H](C=NCC(F)(F)F)C2=O)cc1C. The zero-order valence-corrected chi connectivity index (χ0v) is 14.7. The highest BCUT2D eigenvalue weighted by Crippen LogP contribution is 2.32. The number of hydrogen-bond donors (Lipinski definition) is 0. The number of rotatable bonds is 3. The van der Waals surface area contributed by atoms with E-state index in [2.05, 4.69) is 4.99 Å². The van der Waals surface area contributed by atoms with Crippen LogP contribution in [0.1, 0.15) is 33.0 Å². The lowest BCUT2D eigenvalue weighted by atomic mass is 9.88. The van der Waals surface area contributed by atoms with Crippen molar-refractivity contribution in [1.82, 2.24) is 0 Å². The van der Waals surface area contributed by atoms with Crippen molar-refractivity contribution < 1.29 is 22.8 Å². The summed E-state index contributed by atoms with van der Waals surface area (Å²) >= 11 is 0. The lowest BCUT2D eigenvalue weighted by Crippen LogP contribution is -2.45. The largest absolute Gasteiger partial charge is 0.407 e. The Morgan fingerprint density at radius 3 is 2.44 bits per heavy atom. The minimum atomic E-state index is -4.46. The molecule has 2 aromatic rings. The van der Waals surface area contributed by atoms with E-state index in [0.717, 1.165) is 22.2 Å². The van der Waals surface area contributed by atoms with Gasteiger partial charge < -0.3 is 0 Å².